The number of nitrogens with zero attached hydrogens (tertiary/aromatic N) is 1. The molecule has 1 saturated heterocycles. The standard InChI is InChI=1S/C11H23NO2/c1-10(13)4-8-12-7-3-5-11(2,14)6-9-12/h10,13-14H,3-9H2,1-2H3. The lowest BCUT2D eigenvalue weighted by molar-refractivity contribution is 0.0442. The van der Waals surface area contributed by atoms with Crippen LogP contribution >= 0.6 is 0 Å². The number of aliphatic hydroxyl groups excluding tert-OH is 1. The minimum absolute atomic E-state index is 0.209. The number of likely N-dealkylation sites (tertiary alicyclic amines) is 1. The molecule has 0 radical (unpaired) electrons. The highest BCUT2D eigenvalue weighted by Gasteiger charge is 2.24. The van der Waals surface area contributed by atoms with E-state index in [1.165, 1.54) is 0 Å². The second-order valence-electron chi connectivity index (χ2n) is 4.83. The number of hydrogen-bond donors (Lipinski definition) is 2. The number of rotatable bonds is 3. The molecule has 1 rings (SSSR count). The molecule has 0 aromatic rings. The lowest BCUT2D eigenvalue weighted by Crippen LogP contribution is -2.30. The average Bonchev–Trinajstić information content (AvgIpc) is 2.23. The molecule has 1 heterocycles. The van der Waals surface area contributed by atoms with Crippen molar-refractivity contribution in [3.63, 3.8) is 0 Å². The van der Waals surface area contributed by atoms with Crippen LogP contribution in [-0.2, 0) is 0 Å². The van der Waals surface area contributed by atoms with Gasteiger partial charge in [0.1, 0.15) is 0 Å². The van der Waals surface area contributed by atoms with Gasteiger partial charge in [0.25, 0.3) is 0 Å². The molecule has 84 valence electrons. The fourth-order valence-electron chi connectivity index (χ4n) is 1.91. The Labute approximate surface area is 86.7 Å². The van der Waals surface area contributed by atoms with Crippen LogP contribution in [0.4, 0.5) is 0 Å². The van der Waals surface area contributed by atoms with E-state index in [-0.39, 0.29) is 6.10 Å². The second-order valence-corrected chi connectivity index (χ2v) is 4.83. The molecule has 0 amide bonds. The number of hydrogen-bond acceptors (Lipinski definition) is 3. The van der Waals surface area contributed by atoms with Crippen molar-refractivity contribution >= 4 is 0 Å². The summed E-state index contributed by atoms with van der Waals surface area (Å²) in [6.07, 6.45) is 3.44. The van der Waals surface area contributed by atoms with Gasteiger partial charge in [0.15, 0.2) is 0 Å². The SMILES string of the molecule is CC(O)CCN1CCCC(C)(O)CC1. The highest BCUT2D eigenvalue weighted by molar-refractivity contribution is 4.79. The van der Waals surface area contributed by atoms with E-state index >= 15 is 0 Å². The van der Waals surface area contributed by atoms with Crippen molar-refractivity contribution in [1.29, 1.82) is 0 Å². The lowest BCUT2D eigenvalue weighted by atomic mass is 9.98. The predicted molar refractivity (Wildman–Crippen MR) is 57.2 cm³/mol. The van der Waals surface area contributed by atoms with Gasteiger partial charge in [0.2, 0.25) is 0 Å². The fraction of sp³-hybridized carbons (Fsp3) is 1.00. The first kappa shape index (κ1) is 12.0. The van der Waals surface area contributed by atoms with Crippen LogP contribution in [0.3, 0.4) is 0 Å². The Balaban J connectivity index is 2.28. The van der Waals surface area contributed by atoms with Crippen molar-refractivity contribution < 1.29 is 10.2 Å². The summed E-state index contributed by atoms with van der Waals surface area (Å²) in [4.78, 5) is 2.34. The van der Waals surface area contributed by atoms with Crippen LogP contribution in [-0.4, -0.2) is 46.5 Å². The van der Waals surface area contributed by atoms with Crippen molar-refractivity contribution in [2.24, 2.45) is 0 Å². The minimum Gasteiger partial charge on any atom is -0.393 e. The van der Waals surface area contributed by atoms with E-state index in [0.29, 0.717) is 0 Å². The molecule has 3 nitrogen and oxygen atoms in total. The van der Waals surface area contributed by atoms with Gasteiger partial charge < -0.3 is 15.1 Å². The van der Waals surface area contributed by atoms with Gasteiger partial charge in [-0.1, -0.05) is 0 Å². The first-order chi connectivity index (χ1) is 6.49. The Bertz CT molecular complexity index is 169. The van der Waals surface area contributed by atoms with Crippen molar-refractivity contribution in [2.75, 3.05) is 19.6 Å². The molecule has 1 fully saturated rings. The van der Waals surface area contributed by atoms with Gasteiger partial charge in [-0.15, -0.1) is 0 Å². The summed E-state index contributed by atoms with van der Waals surface area (Å²) in [5, 5.41) is 19.1. The average molecular weight is 201 g/mol. The molecule has 0 spiro atoms. The zero-order chi connectivity index (χ0) is 10.6. The van der Waals surface area contributed by atoms with E-state index in [9.17, 15) is 10.2 Å². The summed E-state index contributed by atoms with van der Waals surface area (Å²) in [6.45, 7) is 6.72. The van der Waals surface area contributed by atoms with Crippen LogP contribution < -0.4 is 0 Å². The monoisotopic (exact) mass is 201 g/mol. The summed E-state index contributed by atoms with van der Waals surface area (Å²) < 4.78 is 0. The maximum atomic E-state index is 9.87. The van der Waals surface area contributed by atoms with Crippen LogP contribution in [0.1, 0.15) is 39.5 Å². The Morgan fingerprint density at radius 1 is 1.36 bits per heavy atom. The van der Waals surface area contributed by atoms with Crippen LogP contribution in [0.15, 0.2) is 0 Å². The first-order valence-corrected chi connectivity index (χ1v) is 5.62. The Morgan fingerprint density at radius 3 is 2.71 bits per heavy atom. The Kier molecular flexibility index (Phi) is 4.35. The van der Waals surface area contributed by atoms with E-state index in [1.807, 2.05) is 13.8 Å². The molecule has 2 atom stereocenters. The third kappa shape index (κ3) is 4.40. The summed E-state index contributed by atoms with van der Waals surface area (Å²) in [5.41, 5.74) is -0.473. The minimum atomic E-state index is -0.473. The molecule has 0 saturated carbocycles. The highest BCUT2D eigenvalue weighted by atomic mass is 16.3. The zero-order valence-electron chi connectivity index (χ0n) is 9.37. The van der Waals surface area contributed by atoms with Gasteiger partial charge in [0, 0.05) is 13.1 Å². The lowest BCUT2D eigenvalue weighted by Gasteiger charge is -2.22. The Morgan fingerprint density at radius 2 is 2.07 bits per heavy atom. The summed E-state index contributed by atoms with van der Waals surface area (Å²) in [5.74, 6) is 0. The van der Waals surface area contributed by atoms with Crippen molar-refractivity contribution in [2.45, 2.75) is 51.2 Å². The molecular formula is C11H23NO2. The van der Waals surface area contributed by atoms with Crippen LogP contribution in [0.2, 0.25) is 0 Å². The van der Waals surface area contributed by atoms with E-state index in [0.717, 1.165) is 45.3 Å². The molecule has 1 aliphatic heterocycles. The van der Waals surface area contributed by atoms with Crippen LogP contribution in [0.25, 0.3) is 0 Å². The fourth-order valence-corrected chi connectivity index (χ4v) is 1.91. The predicted octanol–water partition coefficient (Wildman–Crippen LogP) is 0.994. The van der Waals surface area contributed by atoms with Gasteiger partial charge in [-0.3, -0.25) is 0 Å². The summed E-state index contributed by atoms with van der Waals surface area (Å²) >= 11 is 0. The topological polar surface area (TPSA) is 43.7 Å². The van der Waals surface area contributed by atoms with E-state index < -0.39 is 5.60 Å². The molecular weight excluding hydrogens is 178 g/mol. The van der Waals surface area contributed by atoms with Crippen molar-refractivity contribution in [3.8, 4) is 0 Å². The maximum Gasteiger partial charge on any atom is 0.0632 e. The smallest absolute Gasteiger partial charge is 0.0632 e. The largest absolute Gasteiger partial charge is 0.393 e. The molecule has 14 heavy (non-hydrogen) atoms. The van der Waals surface area contributed by atoms with E-state index in [1.54, 1.807) is 0 Å². The molecule has 2 unspecified atom stereocenters. The van der Waals surface area contributed by atoms with Crippen molar-refractivity contribution in [3.05, 3.63) is 0 Å². The highest BCUT2D eigenvalue weighted by Crippen LogP contribution is 2.21. The molecule has 0 bridgehead atoms. The van der Waals surface area contributed by atoms with Gasteiger partial charge in [-0.2, -0.15) is 0 Å². The van der Waals surface area contributed by atoms with Crippen molar-refractivity contribution in [1.82, 2.24) is 4.90 Å². The molecule has 0 aliphatic carbocycles. The number of aliphatic hydroxyl groups is 2. The summed E-state index contributed by atoms with van der Waals surface area (Å²) in [7, 11) is 0. The molecule has 1 aliphatic rings. The third-order valence-corrected chi connectivity index (χ3v) is 3.02. The molecule has 2 N–H and O–H groups in total. The third-order valence-electron chi connectivity index (χ3n) is 3.02. The molecule has 0 aromatic carbocycles. The second kappa shape index (κ2) is 5.10. The van der Waals surface area contributed by atoms with Gasteiger partial charge in [0.05, 0.1) is 11.7 Å². The Hall–Kier alpha value is -0.120. The van der Waals surface area contributed by atoms with Gasteiger partial charge in [-0.05, 0) is 46.1 Å². The summed E-state index contributed by atoms with van der Waals surface area (Å²) in [6, 6.07) is 0. The zero-order valence-corrected chi connectivity index (χ0v) is 9.37. The van der Waals surface area contributed by atoms with E-state index in [2.05, 4.69) is 4.90 Å². The van der Waals surface area contributed by atoms with Crippen LogP contribution in [0.5, 0.6) is 0 Å². The quantitative estimate of drug-likeness (QED) is 0.716. The molecule has 3 heteroatoms. The first-order valence-electron chi connectivity index (χ1n) is 5.62. The maximum absolute atomic E-state index is 9.87. The van der Waals surface area contributed by atoms with E-state index in [4.69, 9.17) is 0 Å². The normalized spacial score (nSPS) is 32.6. The van der Waals surface area contributed by atoms with Gasteiger partial charge in [-0.25, -0.2) is 0 Å². The van der Waals surface area contributed by atoms with Gasteiger partial charge >= 0.3 is 0 Å². The van der Waals surface area contributed by atoms with Crippen LogP contribution in [0, 0.1) is 0 Å². The molecule has 0 aromatic heterocycles.